The summed E-state index contributed by atoms with van der Waals surface area (Å²) in [6.07, 6.45) is 0.878. The van der Waals surface area contributed by atoms with Crippen molar-refractivity contribution in [3.63, 3.8) is 0 Å². The number of carbonyl (C=O) groups excluding carboxylic acids is 1. The van der Waals surface area contributed by atoms with Crippen molar-refractivity contribution < 1.29 is 14.6 Å². The maximum absolute atomic E-state index is 10.7. The van der Waals surface area contributed by atoms with E-state index in [4.69, 9.17) is 0 Å². The molecule has 0 spiro atoms. The molecule has 0 radical (unpaired) electrons. The van der Waals surface area contributed by atoms with Crippen LogP contribution in [0.25, 0.3) is 0 Å². The van der Waals surface area contributed by atoms with E-state index in [1.165, 1.54) is 0 Å². The van der Waals surface area contributed by atoms with Gasteiger partial charge >= 0.3 is 5.97 Å². The SMILES string of the molecule is C=C(C)C(=O)OOCCC(C)C. The van der Waals surface area contributed by atoms with E-state index >= 15 is 0 Å². The predicted molar refractivity (Wildman–Crippen MR) is 46.3 cm³/mol. The molecule has 0 aromatic carbocycles. The highest BCUT2D eigenvalue weighted by Crippen LogP contribution is 2.00. The Labute approximate surface area is 73.3 Å². The molecule has 3 heteroatoms. The van der Waals surface area contributed by atoms with Crippen LogP contribution >= 0.6 is 0 Å². The Morgan fingerprint density at radius 2 is 2.08 bits per heavy atom. The van der Waals surface area contributed by atoms with Crippen molar-refractivity contribution in [2.75, 3.05) is 6.61 Å². The monoisotopic (exact) mass is 172 g/mol. The Morgan fingerprint density at radius 1 is 1.50 bits per heavy atom. The Hall–Kier alpha value is -0.830. The lowest BCUT2D eigenvalue weighted by Gasteiger charge is -2.04. The molecule has 0 aliphatic rings. The van der Waals surface area contributed by atoms with Crippen molar-refractivity contribution in [1.29, 1.82) is 0 Å². The van der Waals surface area contributed by atoms with Crippen LogP contribution in [0.2, 0.25) is 0 Å². The molecule has 0 unspecified atom stereocenters. The molecule has 0 bridgehead atoms. The zero-order chi connectivity index (χ0) is 9.56. The van der Waals surface area contributed by atoms with Crippen molar-refractivity contribution in [2.45, 2.75) is 27.2 Å². The minimum atomic E-state index is -0.501. The molecule has 0 N–H and O–H groups in total. The molecule has 3 nitrogen and oxygen atoms in total. The van der Waals surface area contributed by atoms with Gasteiger partial charge in [0.15, 0.2) is 0 Å². The molecule has 0 atom stereocenters. The van der Waals surface area contributed by atoms with Gasteiger partial charge in [-0.25, -0.2) is 4.79 Å². The molecule has 0 aliphatic carbocycles. The summed E-state index contributed by atoms with van der Waals surface area (Å²) in [6, 6.07) is 0. The maximum Gasteiger partial charge on any atom is 0.368 e. The zero-order valence-electron chi connectivity index (χ0n) is 7.92. The molecular formula is C9H16O3. The van der Waals surface area contributed by atoms with Gasteiger partial charge in [0.2, 0.25) is 0 Å². The Balaban J connectivity index is 3.32. The van der Waals surface area contributed by atoms with E-state index < -0.39 is 5.97 Å². The summed E-state index contributed by atoms with van der Waals surface area (Å²) in [4.78, 5) is 19.8. The van der Waals surface area contributed by atoms with Gasteiger partial charge in [-0.3, -0.25) is 4.89 Å². The smallest absolute Gasteiger partial charge is 0.293 e. The molecule has 0 saturated carbocycles. The highest BCUT2D eigenvalue weighted by molar-refractivity contribution is 5.86. The fourth-order valence-electron chi connectivity index (χ4n) is 0.450. The first-order valence-electron chi connectivity index (χ1n) is 4.03. The van der Waals surface area contributed by atoms with E-state index in [0.29, 0.717) is 18.1 Å². The summed E-state index contributed by atoms with van der Waals surface area (Å²) >= 11 is 0. The van der Waals surface area contributed by atoms with E-state index in [0.717, 1.165) is 6.42 Å². The quantitative estimate of drug-likeness (QED) is 0.275. The average Bonchev–Trinajstić information content (AvgIpc) is 1.97. The van der Waals surface area contributed by atoms with Gasteiger partial charge < -0.3 is 0 Å². The summed E-state index contributed by atoms with van der Waals surface area (Å²) < 4.78 is 0. The normalized spacial score (nSPS) is 10.0. The second-order valence-corrected chi connectivity index (χ2v) is 3.16. The zero-order valence-corrected chi connectivity index (χ0v) is 7.92. The Morgan fingerprint density at radius 3 is 2.50 bits per heavy atom. The van der Waals surface area contributed by atoms with Crippen LogP contribution in [0.15, 0.2) is 12.2 Å². The standard InChI is InChI=1S/C9H16O3/c1-7(2)5-6-11-12-9(10)8(3)4/h7H,3,5-6H2,1-2,4H3. The Bertz CT molecular complexity index is 161. The van der Waals surface area contributed by atoms with Gasteiger partial charge in [-0.1, -0.05) is 20.4 Å². The fraction of sp³-hybridized carbons (Fsp3) is 0.667. The van der Waals surface area contributed by atoms with Crippen LogP contribution in [-0.4, -0.2) is 12.6 Å². The molecule has 12 heavy (non-hydrogen) atoms. The van der Waals surface area contributed by atoms with Crippen molar-refractivity contribution in [3.05, 3.63) is 12.2 Å². The number of hydrogen-bond acceptors (Lipinski definition) is 3. The second-order valence-electron chi connectivity index (χ2n) is 3.16. The fourth-order valence-corrected chi connectivity index (χ4v) is 0.450. The summed E-state index contributed by atoms with van der Waals surface area (Å²) in [5, 5.41) is 0. The second kappa shape index (κ2) is 5.77. The van der Waals surface area contributed by atoms with E-state index in [1.807, 2.05) is 0 Å². The van der Waals surface area contributed by atoms with E-state index in [-0.39, 0.29) is 0 Å². The Kier molecular flexibility index (Phi) is 5.37. The largest absolute Gasteiger partial charge is 0.368 e. The highest BCUT2D eigenvalue weighted by atomic mass is 17.2. The summed E-state index contributed by atoms with van der Waals surface area (Å²) in [7, 11) is 0. The molecule has 0 saturated heterocycles. The molecule has 0 heterocycles. The van der Waals surface area contributed by atoms with E-state index in [1.54, 1.807) is 6.92 Å². The van der Waals surface area contributed by atoms with Crippen LogP contribution in [0.1, 0.15) is 27.2 Å². The maximum atomic E-state index is 10.7. The summed E-state index contributed by atoms with van der Waals surface area (Å²) in [5.74, 6) is 0.0484. The van der Waals surface area contributed by atoms with Crippen molar-refractivity contribution in [2.24, 2.45) is 5.92 Å². The van der Waals surface area contributed by atoms with Gasteiger partial charge in [-0.05, 0) is 19.3 Å². The molecule has 0 amide bonds. The molecule has 0 aromatic rings. The summed E-state index contributed by atoms with van der Waals surface area (Å²) in [5.41, 5.74) is 0.347. The average molecular weight is 172 g/mol. The molecule has 0 aliphatic heterocycles. The van der Waals surface area contributed by atoms with Crippen molar-refractivity contribution in [3.8, 4) is 0 Å². The molecule has 70 valence electrons. The molecule has 0 fully saturated rings. The highest BCUT2D eigenvalue weighted by Gasteiger charge is 2.03. The van der Waals surface area contributed by atoms with Gasteiger partial charge in [0.25, 0.3) is 0 Å². The number of rotatable bonds is 5. The van der Waals surface area contributed by atoms with Crippen LogP contribution in [0.4, 0.5) is 0 Å². The van der Waals surface area contributed by atoms with Crippen LogP contribution in [0.5, 0.6) is 0 Å². The first-order valence-corrected chi connectivity index (χ1v) is 4.03. The number of carbonyl (C=O) groups is 1. The van der Waals surface area contributed by atoms with Crippen LogP contribution in [0, 0.1) is 5.92 Å². The lowest BCUT2D eigenvalue weighted by atomic mass is 10.1. The van der Waals surface area contributed by atoms with Crippen molar-refractivity contribution in [1.82, 2.24) is 0 Å². The lowest BCUT2D eigenvalue weighted by molar-refractivity contribution is -0.269. The predicted octanol–water partition coefficient (Wildman–Crippen LogP) is 2.08. The lowest BCUT2D eigenvalue weighted by Crippen LogP contribution is -2.07. The van der Waals surface area contributed by atoms with E-state index in [2.05, 4.69) is 30.2 Å². The van der Waals surface area contributed by atoms with Crippen LogP contribution in [0.3, 0.4) is 0 Å². The first-order chi connectivity index (χ1) is 5.54. The third kappa shape index (κ3) is 5.92. The molecule has 0 rings (SSSR count). The van der Waals surface area contributed by atoms with Gasteiger partial charge in [0, 0.05) is 5.57 Å². The van der Waals surface area contributed by atoms with Gasteiger partial charge in [0.1, 0.15) is 0 Å². The van der Waals surface area contributed by atoms with Crippen LogP contribution in [-0.2, 0) is 14.6 Å². The third-order valence-electron chi connectivity index (χ3n) is 1.26. The first kappa shape index (κ1) is 11.2. The van der Waals surface area contributed by atoms with Crippen LogP contribution < -0.4 is 0 Å². The molecule has 0 aromatic heterocycles. The van der Waals surface area contributed by atoms with Gasteiger partial charge in [0.05, 0.1) is 6.61 Å². The number of hydrogen-bond donors (Lipinski definition) is 0. The minimum absolute atomic E-state index is 0.347. The van der Waals surface area contributed by atoms with Gasteiger partial charge in [-0.15, -0.1) is 0 Å². The van der Waals surface area contributed by atoms with Crippen molar-refractivity contribution >= 4 is 5.97 Å². The summed E-state index contributed by atoms with van der Waals surface area (Å²) in [6.45, 7) is 9.58. The van der Waals surface area contributed by atoms with E-state index in [9.17, 15) is 4.79 Å². The molecular weight excluding hydrogens is 156 g/mol. The third-order valence-corrected chi connectivity index (χ3v) is 1.26. The van der Waals surface area contributed by atoms with Gasteiger partial charge in [-0.2, -0.15) is 4.89 Å². The topological polar surface area (TPSA) is 35.5 Å². The minimum Gasteiger partial charge on any atom is -0.293 e.